The zero-order chi connectivity index (χ0) is 25.5. The molecule has 0 aliphatic heterocycles. The van der Waals surface area contributed by atoms with Gasteiger partial charge in [-0.15, -0.1) is 0 Å². The quantitative estimate of drug-likeness (QED) is 0.230. The van der Waals surface area contributed by atoms with E-state index in [4.69, 9.17) is 28.3 Å². The highest BCUT2D eigenvalue weighted by molar-refractivity contribution is 9.10. The van der Waals surface area contributed by atoms with E-state index in [0.717, 1.165) is 28.4 Å². The van der Waals surface area contributed by atoms with Crippen LogP contribution in [0.1, 0.15) is 22.1 Å². The zero-order valence-corrected chi connectivity index (χ0v) is 22.5. The van der Waals surface area contributed by atoms with Crippen LogP contribution in [0.2, 0.25) is 10.0 Å². The molecule has 0 aliphatic carbocycles. The van der Waals surface area contributed by atoms with E-state index in [1.165, 1.54) is 0 Å². The molecule has 1 aromatic heterocycles. The lowest BCUT2D eigenvalue weighted by Gasteiger charge is -2.15. The van der Waals surface area contributed by atoms with Crippen LogP contribution >= 0.6 is 39.1 Å². The first-order valence-corrected chi connectivity index (χ1v) is 13.9. The van der Waals surface area contributed by atoms with E-state index in [1.54, 1.807) is 22.9 Å². The third-order valence-electron chi connectivity index (χ3n) is 5.63. The van der Waals surface area contributed by atoms with Gasteiger partial charge in [-0.25, -0.2) is 21.9 Å². The first kappa shape index (κ1) is 25.8. The van der Waals surface area contributed by atoms with Crippen LogP contribution in [0.5, 0.6) is 0 Å². The molecule has 0 bridgehead atoms. The Kier molecular flexibility index (Phi) is 7.38. The lowest BCUT2D eigenvalue weighted by Crippen LogP contribution is -2.16. The summed E-state index contributed by atoms with van der Waals surface area (Å²) in [6.45, 7) is 1.82. The van der Waals surface area contributed by atoms with E-state index in [1.807, 2.05) is 31.2 Å². The van der Waals surface area contributed by atoms with Gasteiger partial charge in [0.05, 0.1) is 27.3 Å². The predicted molar refractivity (Wildman–Crippen MR) is 139 cm³/mol. The second-order valence-corrected chi connectivity index (χ2v) is 12.1. The van der Waals surface area contributed by atoms with Gasteiger partial charge in [0.1, 0.15) is 11.6 Å². The van der Waals surface area contributed by atoms with Crippen molar-refractivity contribution >= 4 is 49.0 Å². The van der Waals surface area contributed by atoms with E-state index in [-0.39, 0.29) is 12.0 Å². The van der Waals surface area contributed by atoms with Crippen LogP contribution in [-0.4, -0.2) is 24.5 Å². The van der Waals surface area contributed by atoms with Crippen molar-refractivity contribution in [2.45, 2.75) is 18.6 Å². The van der Waals surface area contributed by atoms with Gasteiger partial charge in [-0.05, 0) is 60.5 Å². The number of benzene rings is 3. The molecule has 182 valence electrons. The maximum atomic E-state index is 13.9. The van der Waals surface area contributed by atoms with Crippen molar-refractivity contribution in [1.29, 1.82) is 0 Å². The molecule has 0 saturated heterocycles. The minimum atomic E-state index is -3.75. The Labute approximate surface area is 220 Å². The summed E-state index contributed by atoms with van der Waals surface area (Å²) in [4.78, 5) is 0. The van der Waals surface area contributed by atoms with Crippen molar-refractivity contribution in [3.63, 3.8) is 0 Å². The van der Waals surface area contributed by atoms with Crippen LogP contribution in [0.15, 0.2) is 65.1 Å². The molecule has 1 heterocycles. The van der Waals surface area contributed by atoms with Crippen LogP contribution < -0.4 is 0 Å². The van der Waals surface area contributed by atoms with Crippen LogP contribution in [0.3, 0.4) is 0 Å². The monoisotopic (exact) mass is 598 g/mol. The van der Waals surface area contributed by atoms with Crippen molar-refractivity contribution in [2.24, 2.45) is 0 Å². The van der Waals surface area contributed by atoms with Crippen molar-refractivity contribution < 1.29 is 17.2 Å². The lowest BCUT2D eigenvalue weighted by atomic mass is 10.0. The van der Waals surface area contributed by atoms with Crippen molar-refractivity contribution in [1.82, 2.24) is 9.78 Å². The van der Waals surface area contributed by atoms with Gasteiger partial charge in [0.2, 0.25) is 0 Å². The molecule has 0 spiro atoms. The van der Waals surface area contributed by atoms with Gasteiger partial charge in [0.25, 0.3) is 0 Å². The van der Waals surface area contributed by atoms with Crippen LogP contribution in [0.25, 0.3) is 16.9 Å². The number of hydrogen-bond acceptors (Lipinski definition) is 3. The fraction of sp³-hybridized carbons (Fsp3) is 0.160. The molecule has 0 amide bonds. The Hall–Kier alpha value is -2.26. The summed E-state index contributed by atoms with van der Waals surface area (Å²) in [5.74, 6) is -1.70. The highest BCUT2D eigenvalue weighted by Crippen LogP contribution is 2.36. The van der Waals surface area contributed by atoms with Crippen molar-refractivity contribution in [3.8, 4) is 16.9 Å². The summed E-state index contributed by atoms with van der Waals surface area (Å²) in [6, 6.07) is 15.3. The molecule has 35 heavy (non-hydrogen) atoms. The first-order chi connectivity index (χ1) is 16.4. The van der Waals surface area contributed by atoms with E-state index in [0.29, 0.717) is 38.8 Å². The predicted octanol–water partition coefficient (Wildman–Crippen LogP) is 7.52. The van der Waals surface area contributed by atoms with Crippen LogP contribution in [0, 0.1) is 18.6 Å². The molecular weight excluding hydrogens is 581 g/mol. The molecule has 1 unspecified atom stereocenters. The fourth-order valence-corrected chi connectivity index (χ4v) is 5.81. The summed E-state index contributed by atoms with van der Waals surface area (Å²) in [5.41, 5.74) is 3.26. The van der Waals surface area contributed by atoms with Crippen molar-refractivity contribution in [2.75, 3.05) is 6.26 Å². The van der Waals surface area contributed by atoms with Gasteiger partial charge in [-0.2, -0.15) is 5.10 Å². The Morgan fingerprint density at radius 2 is 1.63 bits per heavy atom. The normalized spacial score (nSPS) is 12.7. The molecule has 0 radical (unpaired) electrons. The van der Waals surface area contributed by atoms with Crippen LogP contribution in [-0.2, 0) is 16.3 Å². The summed E-state index contributed by atoms with van der Waals surface area (Å²) in [6.07, 6.45) is 0.952. The SMILES string of the molecule is Cc1c(CC(c2cc(F)cc(F)c2)S(C)(=O)=O)nn(-c2ccc(Cl)cc2Cl)c1-c1ccc(Br)cc1. The topological polar surface area (TPSA) is 52.0 Å². The second-order valence-electron chi connectivity index (χ2n) is 8.16. The number of rotatable bonds is 6. The van der Waals surface area contributed by atoms with Gasteiger partial charge in [0.15, 0.2) is 9.84 Å². The third kappa shape index (κ3) is 5.61. The third-order valence-corrected chi connectivity index (χ3v) is 8.17. The Morgan fingerprint density at radius 1 is 1.00 bits per heavy atom. The fourth-order valence-electron chi connectivity index (χ4n) is 3.96. The minimum absolute atomic E-state index is 0.0219. The van der Waals surface area contributed by atoms with Gasteiger partial charge >= 0.3 is 0 Å². The highest BCUT2D eigenvalue weighted by Gasteiger charge is 2.28. The molecular formula is C25H19BrCl2F2N2O2S. The summed E-state index contributed by atoms with van der Waals surface area (Å²) in [7, 11) is -3.75. The molecule has 0 fully saturated rings. The molecule has 3 aromatic carbocycles. The highest BCUT2D eigenvalue weighted by atomic mass is 79.9. The molecule has 4 aromatic rings. The lowest BCUT2D eigenvalue weighted by molar-refractivity contribution is 0.571. The summed E-state index contributed by atoms with van der Waals surface area (Å²) >= 11 is 16.0. The Morgan fingerprint density at radius 3 is 2.20 bits per heavy atom. The maximum absolute atomic E-state index is 13.9. The number of sulfone groups is 1. The Bertz CT molecular complexity index is 1500. The van der Waals surface area contributed by atoms with E-state index < -0.39 is 26.7 Å². The van der Waals surface area contributed by atoms with E-state index in [2.05, 4.69) is 15.9 Å². The number of nitrogens with zero attached hydrogens (tertiary/aromatic N) is 2. The van der Waals surface area contributed by atoms with Gasteiger partial charge in [-0.3, -0.25) is 0 Å². The smallest absolute Gasteiger partial charge is 0.154 e. The van der Waals surface area contributed by atoms with Gasteiger partial charge in [0, 0.05) is 33.8 Å². The van der Waals surface area contributed by atoms with Gasteiger partial charge in [-0.1, -0.05) is 51.3 Å². The number of halogens is 5. The second kappa shape index (κ2) is 10.0. The summed E-state index contributed by atoms with van der Waals surface area (Å²) in [5, 5.41) is 4.33. The molecule has 0 N–H and O–H groups in total. The maximum Gasteiger partial charge on any atom is 0.154 e. The molecule has 0 saturated carbocycles. The molecule has 4 rings (SSSR count). The molecule has 4 nitrogen and oxygen atoms in total. The number of aromatic nitrogens is 2. The number of hydrogen-bond donors (Lipinski definition) is 0. The minimum Gasteiger partial charge on any atom is -0.231 e. The van der Waals surface area contributed by atoms with Crippen molar-refractivity contribution in [3.05, 3.63) is 104 Å². The largest absolute Gasteiger partial charge is 0.231 e. The van der Waals surface area contributed by atoms with E-state index >= 15 is 0 Å². The van der Waals surface area contributed by atoms with Gasteiger partial charge < -0.3 is 0 Å². The first-order valence-electron chi connectivity index (χ1n) is 10.4. The molecule has 10 heteroatoms. The Balaban J connectivity index is 1.91. The standard InChI is InChI=1S/C25H19BrCl2F2N2O2S/c1-14-22(13-24(35(2,33)34)16-9-19(29)12-20(30)10-16)31-32(23-8-7-18(27)11-21(23)28)25(14)15-3-5-17(26)6-4-15/h3-12,24H,13H2,1-2H3. The zero-order valence-electron chi connectivity index (χ0n) is 18.6. The van der Waals surface area contributed by atoms with Crippen LogP contribution in [0.4, 0.5) is 8.78 Å². The average molecular weight is 600 g/mol. The molecule has 0 aliphatic rings. The van der Waals surface area contributed by atoms with E-state index in [9.17, 15) is 17.2 Å². The average Bonchev–Trinajstić information content (AvgIpc) is 3.07. The summed E-state index contributed by atoms with van der Waals surface area (Å²) < 4.78 is 55.8. The molecule has 1 atom stereocenters.